The van der Waals surface area contributed by atoms with Gasteiger partial charge in [-0.25, -0.2) is 0 Å². The fourth-order valence-corrected chi connectivity index (χ4v) is 2.57. The highest BCUT2D eigenvalue weighted by atomic mass is 79.9. The van der Waals surface area contributed by atoms with Gasteiger partial charge in [0.25, 0.3) is 0 Å². The van der Waals surface area contributed by atoms with Crippen molar-refractivity contribution in [2.75, 3.05) is 4.90 Å². The number of nitrogens with zero attached hydrogens (tertiary/aromatic N) is 1. The standard InChI is InChI=1S/C12H13BrN2O2/c1-2-9(12(14)17)15-10-4-3-8(13)5-7(10)6-11(15)16/h3-5,9H,2,6H2,1H3,(H2,14,17). The molecule has 1 unspecified atom stereocenters. The smallest absolute Gasteiger partial charge is 0.240 e. The quantitative estimate of drug-likeness (QED) is 0.921. The summed E-state index contributed by atoms with van der Waals surface area (Å²) in [5, 5.41) is 0. The van der Waals surface area contributed by atoms with Crippen LogP contribution in [-0.4, -0.2) is 17.9 Å². The first-order valence-corrected chi connectivity index (χ1v) is 6.23. The molecule has 0 saturated heterocycles. The van der Waals surface area contributed by atoms with E-state index in [9.17, 15) is 9.59 Å². The highest BCUT2D eigenvalue weighted by Gasteiger charge is 2.34. The molecule has 1 aliphatic rings. The molecule has 1 heterocycles. The first-order valence-electron chi connectivity index (χ1n) is 5.44. The lowest BCUT2D eigenvalue weighted by atomic mass is 10.1. The van der Waals surface area contributed by atoms with E-state index in [1.807, 2.05) is 25.1 Å². The summed E-state index contributed by atoms with van der Waals surface area (Å²) in [5.74, 6) is -0.527. The number of hydrogen-bond donors (Lipinski definition) is 1. The summed E-state index contributed by atoms with van der Waals surface area (Å²) in [7, 11) is 0. The van der Waals surface area contributed by atoms with Crippen molar-refractivity contribution < 1.29 is 9.59 Å². The van der Waals surface area contributed by atoms with Gasteiger partial charge in [0.15, 0.2) is 0 Å². The summed E-state index contributed by atoms with van der Waals surface area (Å²) in [6, 6.07) is 5.06. The van der Waals surface area contributed by atoms with Gasteiger partial charge in [-0.1, -0.05) is 22.9 Å². The Morgan fingerprint density at radius 3 is 2.88 bits per heavy atom. The van der Waals surface area contributed by atoms with Crippen LogP contribution in [0.1, 0.15) is 18.9 Å². The molecule has 2 amide bonds. The maximum atomic E-state index is 12.0. The highest BCUT2D eigenvalue weighted by Crippen LogP contribution is 2.33. The average molecular weight is 297 g/mol. The molecule has 1 aromatic carbocycles. The van der Waals surface area contributed by atoms with Crippen molar-refractivity contribution >= 4 is 33.4 Å². The van der Waals surface area contributed by atoms with Crippen LogP contribution in [0.25, 0.3) is 0 Å². The fraction of sp³-hybridized carbons (Fsp3) is 0.333. The minimum absolute atomic E-state index is 0.0660. The van der Waals surface area contributed by atoms with Crippen molar-refractivity contribution in [3.8, 4) is 0 Å². The first kappa shape index (κ1) is 12.1. The Bertz CT molecular complexity index is 487. The van der Waals surface area contributed by atoms with Crippen LogP contribution >= 0.6 is 15.9 Å². The molecule has 4 nitrogen and oxygen atoms in total. The van der Waals surface area contributed by atoms with Crippen LogP contribution in [0, 0.1) is 0 Å². The lowest BCUT2D eigenvalue weighted by Crippen LogP contribution is -2.46. The van der Waals surface area contributed by atoms with Crippen molar-refractivity contribution in [3.05, 3.63) is 28.2 Å². The van der Waals surface area contributed by atoms with E-state index in [1.165, 1.54) is 4.90 Å². The van der Waals surface area contributed by atoms with Crippen molar-refractivity contribution in [1.29, 1.82) is 0 Å². The van der Waals surface area contributed by atoms with Gasteiger partial charge in [0.05, 0.1) is 6.42 Å². The number of carbonyl (C=O) groups is 2. The monoisotopic (exact) mass is 296 g/mol. The van der Waals surface area contributed by atoms with Crippen molar-refractivity contribution in [2.24, 2.45) is 5.73 Å². The van der Waals surface area contributed by atoms with Gasteiger partial charge in [-0.3, -0.25) is 14.5 Å². The normalized spacial score (nSPS) is 15.9. The number of halogens is 1. The summed E-state index contributed by atoms with van der Waals surface area (Å²) in [4.78, 5) is 24.8. The van der Waals surface area contributed by atoms with Gasteiger partial charge in [0.1, 0.15) is 6.04 Å². The number of rotatable bonds is 3. The molecule has 0 fully saturated rings. The lowest BCUT2D eigenvalue weighted by Gasteiger charge is -2.25. The van der Waals surface area contributed by atoms with E-state index >= 15 is 0 Å². The molecule has 0 saturated carbocycles. The Hall–Kier alpha value is -1.36. The summed E-state index contributed by atoms with van der Waals surface area (Å²) >= 11 is 3.37. The van der Waals surface area contributed by atoms with E-state index in [4.69, 9.17) is 5.73 Å². The van der Waals surface area contributed by atoms with Gasteiger partial charge < -0.3 is 5.73 Å². The van der Waals surface area contributed by atoms with Gasteiger partial charge in [-0.05, 0) is 30.2 Å². The molecule has 0 spiro atoms. The molecule has 2 N–H and O–H groups in total. The van der Waals surface area contributed by atoms with Gasteiger partial charge in [0.2, 0.25) is 11.8 Å². The average Bonchev–Trinajstić information content (AvgIpc) is 2.55. The molecule has 0 bridgehead atoms. The van der Waals surface area contributed by atoms with Crippen LogP contribution in [-0.2, 0) is 16.0 Å². The Morgan fingerprint density at radius 2 is 2.29 bits per heavy atom. The Labute approximate surface area is 108 Å². The summed E-state index contributed by atoms with van der Waals surface area (Å²) in [6.45, 7) is 1.85. The molecule has 1 aromatic rings. The van der Waals surface area contributed by atoms with Crippen molar-refractivity contribution in [1.82, 2.24) is 0 Å². The number of benzene rings is 1. The van der Waals surface area contributed by atoms with Crippen LogP contribution in [0.4, 0.5) is 5.69 Å². The maximum Gasteiger partial charge on any atom is 0.240 e. The number of fused-ring (bicyclic) bond motifs is 1. The van der Waals surface area contributed by atoms with E-state index in [0.29, 0.717) is 12.8 Å². The second kappa shape index (κ2) is 4.49. The zero-order valence-electron chi connectivity index (χ0n) is 9.44. The highest BCUT2D eigenvalue weighted by molar-refractivity contribution is 9.10. The number of nitrogens with two attached hydrogens (primary N) is 1. The molecule has 17 heavy (non-hydrogen) atoms. The maximum absolute atomic E-state index is 12.0. The van der Waals surface area contributed by atoms with E-state index in [1.54, 1.807) is 0 Å². The van der Waals surface area contributed by atoms with Gasteiger partial charge >= 0.3 is 0 Å². The summed E-state index contributed by atoms with van der Waals surface area (Å²) in [5.41, 5.74) is 7.06. The third-order valence-electron chi connectivity index (χ3n) is 2.94. The minimum atomic E-state index is -0.551. The van der Waals surface area contributed by atoms with Gasteiger partial charge in [0, 0.05) is 10.2 Å². The predicted octanol–water partition coefficient (Wildman–Crippen LogP) is 1.60. The number of hydrogen-bond acceptors (Lipinski definition) is 2. The molecular weight excluding hydrogens is 284 g/mol. The predicted molar refractivity (Wildman–Crippen MR) is 68.6 cm³/mol. The second-order valence-corrected chi connectivity index (χ2v) is 4.96. The fourth-order valence-electron chi connectivity index (χ4n) is 2.17. The van der Waals surface area contributed by atoms with Crippen LogP contribution in [0.5, 0.6) is 0 Å². The third-order valence-corrected chi connectivity index (χ3v) is 3.43. The zero-order valence-corrected chi connectivity index (χ0v) is 11.0. The van der Waals surface area contributed by atoms with Crippen molar-refractivity contribution in [3.63, 3.8) is 0 Å². The second-order valence-electron chi connectivity index (χ2n) is 4.04. The molecule has 0 aromatic heterocycles. The summed E-state index contributed by atoms with van der Waals surface area (Å²) in [6.07, 6.45) is 0.856. The van der Waals surface area contributed by atoms with E-state index in [2.05, 4.69) is 15.9 Å². The molecule has 0 radical (unpaired) electrons. The Morgan fingerprint density at radius 1 is 1.59 bits per heavy atom. The molecular formula is C12H13BrN2O2. The SMILES string of the molecule is CCC(C(N)=O)N1C(=O)Cc2cc(Br)ccc21. The van der Waals surface area contributed by atoms with Gasteiger partial charge in [-0.2, -0.15) is 0 Å². The van der Waals surface area contributed by atoms with Crippen LogP contribution in [0.15, 0.2) is 22.7 Å². The largest absolute Gasteiger partial charge is 0.368 e. The lowest BCUT2D eigenvalue weighted by molar-refractivity contribution is -0.124. The molecule has 90 valence electrons. The number of amides is 2. The summed E-state index contributed by atoms with van der Waals surface area (Å²) < 4.78 is 0.929. The first-order chi connectivity index (χ1) is 8.04. The van der Waals surface area contributed by atoms with Crippen molar-refractivity contribution in [2.45, 2.75) is 25.8 Å². The van der Waals surface area contributed by atoms with Crippen LogP contribution in [0.2, 0.25) is 0 Å². The topological polar surface area (TPSA) is 63.4 Å². The van der Waals surface area contributed by atoms with Crippen LogP contribution < -0.4 is 10.6 Å². The molecule has 0 aliphatic carbocycles. The van der Waals surface area contributed by atoms with Crippen LogP contribution in [0.3, 0.4) is 0 Å². The molecule has 1 aliphatic heterocycles. The molecule has 2 rings (SSSR count). The Balaban J connectivity index is 2.44. The zero-order chi connectivity index (χ0) is 12.6. The van der Waals surface area contributed by atoms with E-state index in [-0.39, 0.29) is 5.91 Å². The molecule has 5 heteroatoms. The minimum Gasteiger partial charge on any atom is -0.368 e. The van der Waals surface area contributed by atoms with E-state index in [0.717, 1.165) is 15.7 Å². The Kier molecular flexibility index (Phi) is 3.19. The number of anilines is 1. The third kappa shape index (κ3) is 2.07. The number of carbonyl (C=O) groups excluding carboxylic acids is 2. The van der Waals surface area contributed by atoms with Gasteiger partial charge in [-0.15, -0.1) is 0 Å². The molecule has 1 atom stereocenters. The van der Waals surface area contributed by atoms with E-state index < -0.39 is 11.9 Å². The number of primary amides is 1.